The molecule has 3 nitrogen and oxygen atoms in total. The number of carbonyl (C=O) groups excluding carboxylic acids is 1. The number of carbonyl (C=O) groups is 1. The number of nitrogens with one attached hydrogen (secondary N) is 1. The Morgan fingerprint density at radius 2 is 1.89 bits per heavy atom. The minimum absolute atomic E-state index is 0.0107. The van der Waals surface area contributed by atoms with E-state index in [1.807, 2.05) is 48.5 Å². The lowest BCUT2D eigenvalue weighted by molar-refractivity contribution is 0.0954. The summed E-state index contributed by atoms with van der Waals surface area (Å²) in [7, 11) is 0. The highest BCUT2D eigenvalue weighted by Gasteiger charge is 2.02. The third kappa shape index (κ3) is 4.75. The summed E-state index contributed by atoms with van der Waals surface area (Å²) in [6.07, 6.45) is 2.72. The highest BCUT2D eigenvalue weighted by molar-refractivity contribution is 7.99. The Bertz CT molecular complexity index is 502. The van der Waals surface area contributed by atoms with E-state index in [0.717, 1.165) is 17.2 Å². The molecule has 0 spiro atoms. The van der Waals surface area contributed by atoms with Crippen LogP contribution in [0.4, 0.5) is 0 Å². The number of thioether (sulfide) groups is 1. The van der Waals surface area contributed by atoms with Crippen molar-refractivity contribution in [3.8, 4) is 0 Å². The van der Waals surface area contributed by atoms with Gasteiger partial charge in [0.25, 0.3) is 5.91 Å². The van der Waals surface area contributed by atoms with E-state index in [1.165, 1.54) is 0 Å². The SMILES string of the molecule is O=C(NCCCSc1ccccn1)c1ccccc1. The van der Waals surface area contributed by atoms with Crippen LogP contribution >= 0.6 is 11.8 Å². The molecule has 0 radical (unpaired) electrons. The van der Waals surface area contributed by atoms with Crippen molar-refractivity contribution in [1.82, 2.24) is 10.3 Å². The van der Waals surface area contributed by atoms with E-state index in [2.05, 4.69) is 10.3 Å². The molecule has 1 N–H and O–H groups in total. The van der Waals surface area contributed by atoms with E-state index >= 15 is 0 Å². The van der Waals surface area contributed by atoms with Crippen LogP contribution in [0.1, 0.15) is 16.8 Å². The Hall–Kier alpha value is -1.81. The molecular weight excluding hydrogens is 256 g/mol. The number of pyridine rings is 1. The summed E-state index contributed by atoms with van der Waals surface area (Å²) in [5, 5.41) is 3.94. The average Bonchev–Trinajstić information content (AvgIpc) is 2.49. The quantitative estimate of drug-likeness (QED) is 0.649. The van der Waals surface area contributed by atoms with Gasteiger partial charge in [-0.2, -0.15) is 0 Å². The molecule has 1 aromatic heterocycles. The minimum atomic E-state index is -0.0107. The summed E-state index contributed by atoms with van der Waals surface area (Å²) in [5.74, 6) is 0.940. The summed E-state index contributed by atoms with van der Waals surface area (Å²) in [6, 6.07) is 15.2. The molecule has 0 aliphatic carbocycles. The van der Waals surface area contributed by atoms with Gasteiger partial charge in [-0.3, -0.25) is 4.79 Å². The van der Waals surface area contributed by atoms with Crippen molar-refractivity contribution in [3.05, 3.63) is 60.3 Å². The fraction of sp³-hybridized carbons (Fsp3) is 0.200. The first kappa shape index (κ1) is 13.6. The maximum atomic E-state index is 11.7. The second kappa shape index (κ2) is 7.59. The highest BCUT2D eigenvalue weighted by atomic mass is 32.2. The molecule has 0 aliphatic heterocycles. The molecule has 2 aromatic rings. The third-order valence-electron chi connectivity index (χ3n) is 2.53. The number of aromatic nitrogens is 1. The van der Waals surface area contributed by atoms with Crippen LogP contribution in [0.2, 0.25) is 0 Å². The number of rotatable bonds is 6. The molecule has 0 saturated heterocycles. The van der Waals surface area contributed by atoms with Gasteiger partial charge in [0.1, 0.15) is 0 Å². The molecule has 0 atom stereocenters. The van der Waals surface area contributed by atoms with Crippen LogP contribution in [0.25, 0.3) is 0 Å². The van der Waals surface area contributed by atoms with Gasteiger partial charge in [-0.15, -0.1) is 11.8 Å². The molecule has 0 saturated carbocycles. The van der Waals surface area contributed by atoms with Gasteiger partial charge in [0, 0.05) is 24.1 Å². The zero-order valence-corrected chi connectivity index (χ0v) is 11.4. The minimum Gasteiger partial charge on any atom is -0.352 e. The number of nitrogens with zero attached hydrogens (tertiary/aromatic N) is 1. The van der Waals surface area contributed by atoms with Crippen LogP contribution in [0.5, 0.6) is 0 Å². The molecule has 0 unspecified atom stereocenters. The molecule has 19 heavy (non-hydrogen) atoms. The molecule has 0 aliphatic rings. The van der Waals surface area contributed by atoms with Crippen LogP contribution in [-0.4, -0.2) is 23.2 Å². The fourth-order valence-electron chi connectivity index (χ4n) is 1.57. The Morgan fingerprint density at radius 1 is 1.11 bits per heavy atom. The first-order valence-corrected chi connectivity index (χ1v) is 7.22. The van der Waals surface area contributed by atoms with Crippen LogP contribution in [0, 0.1) is 0 Å². The van der Waals surface area contributed by atoms with E-state index in [0.29, 0.717) is 12.1 Å². The fourth-order valence-corrected chi connectivity index (χ4v) is 2.38. The van der Waals surface area contributed by atoms with Crippen molar-refractivity contribution < 1.29 is 4.79 Å². The van der Waals surface area contributed by atoms with Crippen molar-refractivity contribution in [3.63, 3.8) is 0 Å². The number of hydrogen-bond acceptors (Lipinski definition) is 3. The third-order valence-corrected chi connectivity index (χ3v) is 3.56. The maximum absolute atomic E-state index is 11.7. The van der Waals surface area contributed by atoms with E-state index in [4.69, 9.17) is 0 Å². The van der Waals surface area contributed by atoms with Crippen molar-refractivity contribution >= 4 is 17.7 Å². The van der Waals surface area contributed by atoms with Gasteiger partial charge in [-0.25, -0.2) is 4.98 Å². The molecule has 98 valence electrons. The molecule has 0 bridgehead atoms. The van der Waals surface area contributed by atoms with Crippen LogP contribution < -0.4 is 5.32 Å². The summed E-state index contributed by atoms with van der Waals surface area (Å²) in [5.41, 5.74) is 0.708. The molecule has 0 fully saturated rings. The lowest BCUT2D eigenvalue weighted by Crippen LogP contribution is -2.24. The Balaban J connectivity index is 1.63. The van der Waals surface area contributed by atoms with Gasteiger partial charge in [-0.05, 0) is 30.7 Å². The van der Waals surface area contributed by atoms with Gasteiger partial charge in [0.05, 0.1) is 5.03 Å². The predicted molar refractivity (Wildman–Crippen MR) is 78.4 cm³/mol. The number of amides is 1. The van der Waals surface area contributed by atoms with Crippen molar-refractivity contribution in [2.24, 2.45) is 0 Å². The van der Waals surface area contributed by atoms with Gasteiger partial charge < -0.3 is 5.32 Å². The van der Waals surface area contributed by atoms with Gasteiger partial charge in [0.2, 0.25) is 0 Å². The average molecular weight is 272 g/mol. The van der Waals surface area contributed by atoms with Crippen LogP contribution in [0.15, 0.2) is 59.8 Å². The van der Waals surface area contributed by atoms with Crippen molar-refractivity contribution in [1.29, 1.82) is 0 Å². The molecule has 1 aromatic carbocycles. The Kier molecular flexibility index (Phi) is 5.44. The van der Waals surface area contributed by atoms with Gasteiger partial charge in [0.15, 0.2) is 0 Å². The molecular formula is C15H16N2OS. The zero-order chi connectivity index (χ0) is 13.3. The predicted octanol–water partition coefficient (Wildman–Crippen LogP) is 2.99. The summed E-state index contributed by atoms with van der Waals surface area (Å²) in [4.78, 5) is 16.0. The molecule has 2 rings (SSSR count). The van der Waals surface area contributed by atoms with Crippen LogP contribution in [0.3, 0.4) is 0 Å². The second-order valence-electron chi connectivity index (χ2n) is 3.99. The normalized spacial score (nSPS) is 10.1. The van der Waals surface area contributed by atoms with E-state index < -0.39 is 0 Å². The van der Waals surface area contributed by atoms with Crippen molar-refractivity contribution in [2.45, 2.75) is 11.4 Å². The largest absolute Gasteiger partial charge is 0.352 e. The number of benzene rings is 1. The summed E-state index contributed by atoms with van der Waals surface area (Å²) in [6.45, 7) is 0.688. The van der Waals surface area contributed by atoms with E-state index in [-0.39, 0.29) is 5.91 Å². The Morgan fingerprint density at radius 3 is 2.63 bits per heavy atom. The first-order chi connectivity index (χ1) is 9.36. The van der Waals surface area contributed by atoms with Crippen LogP contribution in [-0.2, 0) is 0 Å². The first-order valence-electron chi connectivity index (χ1n) is 6.23. The smallest absolute Gasteiger partial charge is 0.251 e. The summed E-state index contributed by atoms with van der Waals surface area (Å²) < 4.78 is 0. The highest BCUT2D eigenvalue weighted by Crippen LogP contribution is 2.14. The van der Waals surface area contributed by atoms with Gasteiger partial charge in [-0.1, -0.05) is 24.3 Å². The topological polar surface area (TPSA) is 42.0 Å². The lowest BCUT2D eigenvalue weighted by Gasteiger charge is -2.04. The number of hydrogen-bond donors (Lipinski definition) is 1. The Labute approximate surface area is 117 Å². The summed E-state index contributed by atoms with van der Waals surface area (Å²) >= 11 is 1.71. The molecule has 1 amide bonds. The lowest BCUT2D eigenvalue weighted by atomic mass is 10.2. The maximum Gasteiger partial charge on any atom is 0.251 e. The van der Waals surface area contributed by atoms with Gasteiger partial charge >= 0.3 is 0 Å². The monoisotopic (exact) mass is 272 g/mol. The standard InChI is InChI=1S/C15H16N2OS/c18-15(13-7-2-1-3-8-13)17-11-6-12-19-14-9-4-5-10-16-14/h1-5,7-10H,6,11-12H2,(H,17,18). The molecule has 1 heterocycles. The van der Waals surface area contributed by atoms with Crippen molar-refractivity contribution in [2.75, 3.05) is 12.3 Å². The molecule has 4 heteroatoms. The van der Waals surface area contributed by atoms with E-state index in [9.17, 15) is 4.79 Å². The second-order valence-corrected chi connectivity index (χ2v) is 5.11. The zero-order valence-electron chi connectivity index (χ0n) is 10.6. The van der Waals surface area contributed by atoms with E-state index in [1.54, 1.807) is 18.0 Å².